The molecule has 1 heterocycles. The van der Waals surface area contributed by atoms with Crippen molar-refractivity contribution >= 4 is 0 Å². The van der Waals surface area contributed by atoms with E-state index >= 15 is 0 Å². The van der Waals surface area contributed by atoms with Gasteiger partial charge < -0.3 is 19.9 Å². The normalized spacial score (nSPS) is 12.0. The summed E-state index contributed by atoms with van der Waals surface area (Å²) in [5, 5.41) is 22.0. The molecule has 0 aliphatic rings. The van der Waals surface area contributed by atoms with Gasteiger partial charge in [0.2, 0.25) is 0 Å². The van der Waals surface area contributed by atoms with Crippen LogP contribution in [0.25, 0.3) is 0 Å². The van der Waals surface area contributed by atoms with E-state index in [-0.39, 0.29) is 6.61 Å². The Labute approximate surface area is 96.3 Å². The molecule has 92 valence electrons. The van der Waals surface area contributed by atoms with Gasteiger partial charge in [0, 0.05) is 6.54 Å². The number of aliphatic hydroxyl groups is 2. The molecule has 3 N–H and O–H groups in total. The molecule has 0 atom stereocenters. The summed E-state index contributed by atoms with van der Waals surface area (Å²) in [5.74, 6) is 1.34. The Morgan fingerprint density at radius 1 is 1.25 bits per heavy atom. The standard InChI is InChI=1S/C12H21NO3/c1-3-12(15,4-2)9-13-7-10-5-6-11(8-14)16-10/h5-6,13-15H,3-4,7-9H2,1-2H3. The molecule has 0 aliphatic carbocycles. The van der Waals surface area contributed by atoms with Crippen LogP contribution >= 0.6 is 0 Å². The summed E-state index contributed by atoms with van der Waals surface area (Å²) < 4.78 is 5.32. The molecule has 0 unspecified atom stereocenters. The highest BCUT2D eigenvalue weighted by Crippen LogP contribution is 2.13. The summed E-state index contributed by atoms with van der Waals surface area (Å²) in [6.07, 6.45) is 1.47. The molecule has 0 saturated carbocycles. The topological polar surface area (TPSA) is 65.6 Å². The van der Waals surface area contributed by atoms with Crippen molar-refractivity contribution in [2.45, 2.75) is 45.4 Å². The summed E-state index contributed by atoms with van der Waals surface area (Å²) in [7, 11) is 0. The minimum Gasteiger partial charge on any atom is -0.462 e. The molecule has 1 rings (SSSR count). The van der Waals surface area contributed by atoms with Crippen LogP contribution in [0.2, 0.25) is 0 Å². The van der Waals surface area contributed by atoms with Gasteiger partial charge in [-0.1, -0.05) is 13.8 Å². The number of aliphatic hydroxyl groups excluding tert-OH is 1. The lowest BCUT2D eigenvalue weighted by Gasteiger charge is -2.25. The molecule has 4 nitrogen and oxygen atoms in total. The minimum atomic E-state index is -0.633. The van der Waals surface area contributed by atoms with Crippen LogP contribution in [0.4, 0.5) is 0 Å². The zero-order chi connectivity index (χ0) is 12.0. The Bertz CT molecular complexity index is 305. The first-order valence-electron chi connectivity index (χ1n) is 5.75. The second-order valence-corrected chi connectivity index (χ2v) is 4.06. The van der Waals surface area contributed by atoms with Gasteiger partial charge in [0.05, 0.1) is 12.1 Å². The maximum absolute atomic E-state index is 10.0. The fourth-order valence-electron chi connectivity index (χ4n) is 1.52. The third kappa shape index (κ3) is 3.63. The van der Waals surface area contributed by atoms with Crippen LogP contribution in [0.5, 0.6) is 0 Å². The molecule has 0 fully saturated rings. The van der Waals surface area contributed by atoms with Gasteiger partial charge in [0.25, 0.3) is 0 Å². The third-order valence-electron chi connectivity index (χ3n) is 2.94. The highest BCUT2D eigenvalue weighted by Gasteiger charge is 2.21. The van der Waals surface area contributed by atoms with E-state index in [1.165, 1.54) is 0 Å². The van der Waals surface area contributed by atoms with E-state index in [4.69, 9.17) is 9.52 Å². The molecule has 0 bridgehead atoms. The van der Waals surface area contributed by atoms with Crippen LogP contribution in [-0.4, -0.2) is 22.4 Å². The highest BCUT2D eigenvalue weighted by atomic mass is 16.4. The van der Waals surface area contributed by atoms with E-state index in [0.717, 1.165) is 18.6 Å². The SMILES string of the molecule is CCC(O)(CC)CNCc1ccc(CO)o1. The van der Waals surface area contributed by atoms with E-state index in [1.807, 2.05) is 19.9 Å². The second kappa shape index (κ2) is 6.03. The first kappa shape index (κ1) is 13.2. The van der Waals surface area contributed by atoms with Gasteiger partial charge >= 0.3 is 0 Å². The van der Waals surface area contributed by atoms with Crippen molar-refractivity contribution in [3.05, 3.63) is 23.7 Å². The van der Waals surface area contributed by atoms with E-state index in [0.29, 0.717) is 18.8 Å². The molecule has 0 aromatic carbocycles. The summed E-state index contributed by atoms with van der Waals surface area (Å²) in [4.78, 5) is 0. The van der Waals surface area contributed by atoms with Gasteiger partial charge in [-0.05, 0) is 25.0 Å². The lowest BCUT2D eigenvalue weighted by molar-refractivity contribution is 0.0319. The molecule has 4 heteroatoms. The molecule has 0 saturated heterocycles. The number of furan rings is 1. The zero-order valence-corrected chi connectivity index (χ0v) is 9.99. The molecule has 0 amide bonds. The number of rotatable bonds is 7. The molecule has 16 heavy (non-hydrogen) atoms. The molecule has 0 spiro atoms. The number of hydrogen-bond acceptors (Lipinski definition) is 4. The predicted molar refractivity (Wildman–Crippen MR) is 61.9 cm³/mol. The Balaban J connectivity index is 2.35. The molecular formula is C12H21NO3. The maximum atomic E-state index is 10.0. The van der Waals surface area contributed by atoms with Gasteiger partial charge in [0.1, 0.15) is 18.1 Å². The van der Waals surface area contributed by atoms with Crippen molar-refractivity contribution in [2.24, 2.45) is 0 Å². The average molecular weight is 227 g/mol. The fraction of sp³-hybridized carbons (Fsp3) is 0.667. The number of hydrogen-bond donors (Lipinski definition) is 3. The van der Waals surface area contributed by atoms with Gasteiger partial charge in [0.15, 0.2) is 0 Å². The van der Waals surface area contributed by atoms with Gasteiger partial charge in [-0.15, -0.1) is 0 Å². The summed E-state index contributed by atoms with van der Waals surface area (Å²) in [6.45, 7) is 5.00. The Kier molecular flexibility index (Phi) is 4.99. The lowest BCUT2D eigenvalue weighted by Crippen LogP contribution is -2.39. The van der Waals surface area contributed by atoms with Gasteiger partial charge in [-0.3, -0.25) is 0 Å². The molecule has 0 aliphatic heterocycles. The van der Waals surface area contributed by atoms with Gasteiger partial charge in [-0.2, -0.15) is 0 Å². The van der Waals surface area contributed by atoms with Crippen molar-refractivity contribution in [3.8, 4) is 0 Å². The van der Waals surface area contributed by atoms with Crippen molar-refractivity contribution in [3.63, 3.8) is 0 Å². The first-order chi connectivity index (χ1) is 7.63. The first-order valence-corrected chi connectivity index (χ1v) is 5.75. The Hall–Kier alpha value is -0.840. The average Bonchev–Trinajstić information content (AvgIpc) is 2.77. The quantitative estimate of drug-likeness (QED) is 0.659. The predicted octanol–water partition coefficient (Wildman–Crippen LogP) is 1.41. The lowest BCUT2D eigenvalue weighted by atomic mass is 9.98. The van der Waals surface area contributed by atoms with Crippen molar-refractivity contribution in [1.82, 2.24) is 5.32 Å². The maximum Gasteiger partial charge on any atom is 0.129 e. The van der Waals surface area contributed by atoms with E-state index in [1.54, 1.807) is 6.07 Å². The molecule has 0 radical (unpaired) electrons. The molecule has 1 aromatic heterocycles. The third-order valence-corrected chi connectivity index (χ3v) is 2.94. The zero-order valence-electron chi connectivity index (χ0n) is 9.99. The van der Waals surface area contributed by atoms with Crippen LogP contribution in [0.3, 0.4) is 0 Å². The summed E-state index contributed by atoms with van der Waals surface area (Å²) in [5.41, 5.74) is -0.633. The Morgan fingerprint density at radius 3 is 2.38 bits per heavy atom. The second-order valence-electron chi connectivity index (χ2n) is 4.06. The summed E-state index contributed by atoms with van der Waals surface area (Å²) >= 11 is 0. The summed E-state index contributed by atoms with van der Waals surface area (Å²) in [6, 6.07) is 3.58. The number of nitrogens with one attached hydrogen (secondary N) is 1. The van der Waals surface area contributed by atoms with Crippen molar-refractivity contribution in [2.75, 3.05) is 6.54 Å². The van der Waals surface area contributed by atoms with Crippen LogP contribution in [-0.2, 0) is 13.2 Å². The van der Waals surface area contributed by atoms with Crippen LogP contribution in [0.15, 0.2) is 16.5 Å². The minimum absolute atomic E-state index is 0.0755. The Morgan fingerprint density at radius 2 is 1.88 bits per heavy atom. The highest BCUT2D eigenvalue weighted by molar-refractivity contribution is 5.06. The van der Waals surface area contributed by atoms with Crippen molar-refractivity contribution in [1.29, 1.82) is 0 Å². The van der Waals surface area contributed by atoms with E-state index < -0.39 is 5.60 Å². The smallest absolute Gasteiger partial charge is 0.129 e. The van der Waals surface area contributed by atoms with Crippen molar-refractivity contribution < 1.29 is 14.6 Å². The monoisotopic (exact) mass is 227 g/mol. The fourth-order valence-corrected chi connectivity index (χ4v) is 1.52. The molecule has 1 aromatic rings. The largest absolute Gasteiger partial charge is 0.462 e. The van der Waals surface area contributed by atoms with Gasteiger partial charge in [-0.25, -0.2) is 0 Å². The van der Waals surface area contributed by atoms with Crippen LogP contribution < -0.4 is 5.32 Å². The van der Waals surface area contributed by atoms with E-state index in [9.17, 15) is 5.11 Å². The molecular weight excluding hydrogens is 206 g/mol. The van der Waals surface area contributed by atoms with Crippen LogP contribution in [0.1, 0.15) is 38.2 Å². The van der Waals surface area contributed by atoms with E-state index in [2.05, 4.69) is 5.32 Å². The van der Waals surface area contributed by atoms with Crippen LogP contribution in [0, 0.1) is 0 Å².